The molecule has 1 aliphatic rings. The summed E-state index contributed by atoms with van der Waals surface area (Å²) in [5.41, 5.74) is -0.803. The predicted octanol–water partition coefficient (Wildman–Crippen LogP) is 3.33. The van der Waals surface area contributed by atoms with Gasteiger partial charge in [-0.15, -0.1) is 0 Å². The lowest BCUT2D eigenvalue weighted by Crippen LogP contribution is -2.43. The predicted molar refractivity (Wildman–Crippen MR) is 74.8 cm³/mol. The Hall–Kier alpha value is -1.74. The zero-order valence-corrected chi connectivity index (χ0v) is 12.0. The second-order valence-electron chi connectivity index (χ2n) is 5.65. The molecular weight excluding hydrogens is 279 g/mol. The minimum absolute atomic E-state index is 0.148. The van der Waals surface area contributed by atoms with Crippen molar-refractivity contribution in [2.24, 2.45) is 5.92 Å². The highest BCUT2D eigenvalue weighted by Gasteiger charge is 2.34. The lowest BCUT2D eigenvalue weighted by Gasteiger charge is -2.35. The van der Waals surface area contributed by atoms with Crippen LogP contribution in [0.5, 0.6) is 0 Å². The van der Waals surface area contributed by atoms with Crippen LogP contribution < -0.4 is 5.32 Å². The van der Waals surface area contributed by atoms with Crippen LogP contribution in [-0.2, 0) is 6.18 Å². The monoisotopic (exact) mass is 297 g/mol. The molecule has 0 aromatic heterocycles. The quantitative estimate of drug-likeness (QED) is 0.910. The first-order valence-electron chi connectivity index (χ1n) is 6.87. The topological polar surface area (TPSA) is 39.1 Å². The molecule has 1 aromatic carbocycles. The largest absolute Gasteiger partial charge is 0.417 e. The van der Waals surface area contributed by atoms with Gasteiger partial charge in [0.05, 0.1) is 17.2 Å². The first kappa shape index (κ1) is 15.6. The SMILES string of the molecule is CC1CN(C)CCC1Nc1ccc(C#N)c(C(F)(F)F)c1. The van der Waals surface area contributed by atoms with Crippen LogP contribution in [0.2, 0.25) is 0 Å². The maximum absolute atomic E-state index is 12.9. The number of rotatable bonds is 2. The van der Waals surface area contributed by atoms with Crippen molar-refractivity contribution in [2.45, 2.75) is 25.6 Å². The Bertz CT molecular complexity index is 548. The molecule has 0 radical (unpaired) electrons. The summed E-state index contributed by atoms with van der Waals surface area (Å²) in [5, 5.41) is 12.0. The third-order valence-electron chi connectivity index (χ3n) is 3.91. The van der Waals surface area contributed by atoms with E-state index in [2.05, 4.69) is 17.1 Å². The van der Waals surface area contributed by atoms with Gasteiger partial charge < -0.3 is 10.2 Å². The Morgan fingerprint density at radius 2 is 2.10 bits per heavy atom. The second kappa shape index (κ2) is 5.94. The van der Waals surface area contributed by atoms with Crippen LogP contribution in [0.3, 0.4) is 0 Å². The van der Waals surface area contributed by atoms with Crippen LogP contribution >= 0.6 is 0 Å². The number of piperidine rings is 1. The van der Waals surface area contributed by atoms with Gasteiger partial charge in [-0.1, -0.05) is 6.92 Å². The summed E-state index contributed by atoms with van der Waals surface area (Å²) in [5.74, 6) is 0.355. The smallest absolute Gasteiger partial charge is 0.382 e. The standard InChI is InChI=1S/C15H18F3N3/c1-10-9-21(2)6-5-14(10)20-12-4-3-11(8-19)13(7-12)15(16,17)18/h3-4,7,10,14,20H,5-6,9H2,1-2H3. The van der Waals surface area contributed by atoms with Crippen LogP contribution in [0.15, 0.2) is 18.2 Å². The van der Waals surface area contributed by atoms with Crippen LogP contribution in [0.4, 0.5) is 18.9 Å². The molecule has 2 unspecified atom stereocenters. The molecule has 0 amide bonds. The molecule has 6 heteroatoms. The van der Waals surface area contributed by atoms with Crippen molar-refractivity contribution in [3.05, 3.63) is 29.3 Å². The molecule has 1 saturated heterocycles. The summed E-state index contributed by atoms with van der Waals surface area (Å²) in [4.78, 5) is 2.21. The summed E-state index contributed by atoms with van der Waals surface area (Å²) in [6.07, 6.45) is -3.62. The van der Waals surface area contributed by atoms with E-state index in [1.807, 2.05) is 7.05 Å². The number of anilines is 1. The molecule has 2 rings (SSSR count). The number of likely N-dealkylation sites (tertiary alicyclic amines) is 1. The lowest BCUT2D eigenvalue weighted by molar-refractivity contribution is -0.137. The van der Waals surface area contributed by atoms with Crippen LogP contribution in [0, 0.1) is 17.2 Å². The number of hydrogen-bond donors (Lipinski definition) is 1. The van der Waals surface area contributed by atoms with Gasteiger partial charge in [0.25, 0.3) is 0 Å². The van der Waals surface area contributed by atoms with Crippen molar-refractivity contribution < 1.29 is 13.2 Å². The molecule has 0 spiro atoms. The van der Waals surface area contributed by atoms with Crippen molar-refractivity contribution in [2.75, 3.05) is 25.5 Å². The molecule has 1 aromatic rings. The molecule has 1 aliphatic heterocycles. The maximum atomic E-state index is 12.9. The Kier molecular flexibility index (Phi) is 4.43. The van der Waals surface area contributed by atoms with Crippen molar-refractivity contribution >= 4 is 5.69 Å². The number of halogens is 3. The molecule has 1 heterocycles. The number of nitrogens with zero attached hydrogens (tertiary/aromatic N) is 2. The zero-order valence-electron chi connectivity index (χ0n) is 12.0. The Morgan fingerprint density at radius 3 is 2.67 bits per heavy atom. The van der Waals surface area contributed by atoms with Gasteiger partial charge >= 0.3 is 6.18 Å². The highest BCUT2D eigenvalue weighted by atomic mass is 19.4. The number of hydrogen-bond acceptors (Lipinski definition) is 3. The fourth-order valence-electron chi connectivity index (χ4n) is 2.75. The third-order valence-corrected chi connectivity index (χ3v) is 3.91. The van der Waals surface area contributed by atoms with E-state index >= 15 is 0 Å². The van der Waals surface area contributed by atoms with E-state index in [4.69, 9.17) is 5.26 Å². The minimum Gasteiger partial charge on any atom is -0.382 e. The first-order valence-corrected chi connectivity index (χ1v) is 6.87. The van der Waals surface area contributed by atoms with E-state index in [1.54, 1.807) is 12.1 Å². The first-order chi connectivity index (χ1) is 9.81. The molecule has 2 atom stereocenters. The van der Waals surface area contributed by atoms with E-state index < -0.39 is 11.7 Å². The molecule has 1 N–H and O–H groups in total. The van der Waals surface area contributed by atoms with Crippen LogP contribution in [0.25, 0.3) is 0 Å². The van der Waals surface area contributed by atoms with Gasteiger partial charge in [-0.25, -0.2) is 0 Å². The van der Waals surface area contributed by atoms with E-state index in [1.165, 1.54) is 6.07 Å². The van der Waals surface area contributed by atoms with E-state index in [0.29, 0.717) is 11.6 Å². The normalized spacial score (nSPS) is 23.6. The van der Waals surface area contributed by atoms with Gasteiger partial charge in [0.2, 0.25) is 0 Å². The average molecular weight is 297 g/mol. The van der Waals surface area contributed by atoms with Gasteiger partial charge in [-0.2, -0.15) is 18.4 Å². The summed E-state index contributed by atoms with van der Waals surface area (Å²) in [7, 11) is 2.04. The van der Waals surface area contributed by atoms with Gasteiger partial charge in [-0.05, 0) is 44.1 Å². The van der Waals surface area contributed by atoms with Crippen molar-refractivity contribution in [3.63, 3.8) is 0 Å². The van der Waals surface area contributed by atoms with Gasteiger partial charge in [-0.3, -0.25) is 0 Å². The van der Waals surface area contributed by atoms with Gasteiger partial charge in [0.1, 0.15) is 0 Å². The Labute approximate surface area is 122 Å². The minimum atomic E-state index is -4.51. The highest BCUT2D eigenvalue weighted by molar-refractivity contribution is 5.53. The average Bonchev–Trinajstić information content (AvgIpc) is 2.41. The van der Waals surface area contributed by atoms with Crippen molar-refractivity contribution in [3.8, 4) is 6.07 Å². The van der Waals surface area contributed by atoms with Gasteiger partial charge in [0, 0.05) is 18.3 Å². The second-order valence-corrected chi connectivity index (χ2v) is 5.65. The molecule has 0 bridgehead atoms. The molecule has 0 aliphatic carbocycles. The van der Waals surface area contributed by atoms with Crippen LogP contribution in [0.1, 0.15) is 24.5 Å². The van der Waals surface area contributed by atoms with Gasteiger partial charge in [0.15, 0.2) is 0 Å². The highest BCUT2D eigenvalue weighted by Crippen LogP contribution is 2.34. The molecule has 114 valence electrons. The van der Waals surface area contributed by atoms with E-state index in [-0.39, 0.29) is 11.6 Å². The summed E-state index contributed by atoms with van der Waals surface area (Å²) in [6, 6.07) is 5.54. The number of nitrogens with one attached hydrogen (secondary N) is 1. The zero-order chi connectivity index (χ0) is 15.6. The number of alkyl halides is 3. The number of benzene rings is 1. The molecular formula is C15H18F3N3. The molecule has 21 heavy (non-hydrogen) atoms. The summed E-state index contributed by atoms with van der Waals surface area (Å²) in [6.45, 7) is 3.92. The fourth-order valence-corrected chi connectivity index (χ4v) is 2.75. The van der Waals surface area contributed by atoms with E-state index in [9.17, 15) is 13.2 Å². The lowest BCUT2D eigenvalue weighted by atomic mass is 9.93. The Morgan fingerprint density at radius 1 is 1.38 bits per heavy atom. The summed E-state index contributed by atoms with van der Waals surface area (Å²) < 4.78 is 38.8. The van der Waals surface area contributed by atoms with Crippen molar-refractivity contribution in [1.82, 2.24) is 4.90 Å². The molecule has 0 saturated carbocycles. The molecule has 3 nitrogen and oxygen atoms in total. The van der Waals surface area contributed by atoms with Crippen LogP contribution in [-0.4, -0.2) is 31.1 Å². The Balaban J connectivity index is 2.20. The fraction of sp³-hybridized carbons (Fsp3) is 0.533. The third kappa shape index (κ3) is 3.67. The molecule has 1 fully saturated rings. The summed E-state index contributed by atoms with van der Waals surface area (Å²) >= 11 is 0. The maximum Gasteiger partial charge on any atom is 0.417 e. The van der Waals surface area contributed by atoms with Crippen molar-refractivity contribution in [1.29, 1.82) is 5.26 Å². The van der Waals surface area contributed by atoms with E-state index in [0.717, 1.165) is 25.6 Å². The number of nitriles is 1.